The first-order valence-corrected chi connectivity index (χ1v) is 5.63. The summed E-state index contributed by atoms with van der Waals surface area (Å²) in [7, 11) is 3.29. The first-order valence-electron chi connectivity index (χ1n) is 5.63. The van der Waals surface area contributed by atoms with Gasteiger partial charge in [-0.05, 0) is 18.1 Å². The second kappa shape index (κ2) is 6.54. The van der Waals surface area contributed by atoms with Gasteiger partial charge < -0.3 is 9.47 Å². The molecule has 1 rings (SSSR count). The van der Waals surface area contributed by atoms with Gasteiger partial charge in [0.05, 0.1) is 19.3 Å². The molecule has 0 spiro atoms. The van der Waals surface area contributed by atoms with E-state index < -0.39 is 0 Å². The second-order valence-corrected chi connectivity index (χ2v) is 4.18. The van der Waals surface area contributed by atoms with Gasteiger partial charge in [-0.2, -0.15) is 0 Å². The SMILES string of the molecule is COc1cccnc1C(NN)C(OC)C(C)C. The van der Waals surface area contributed by atoms with Crippen molar-refractivity contribution in [2.45, 2.75) is 26.0 Å². The number of nitrogens with zero attached hydrogens (tertiary/aromatic N) is 1. The van der Waals surface area contributed by atoms with Crippen molar-refractivity contribution in [2.75, 3.05) is 14.2 Å². The van der Waals surface area contributed by atoms with Gasteiger partial charge in [-0.25, -0.2) is 5.43 Å². The molecule has 0 aromatic carbocycles. The maximum atomic E-state index is 5.62. The average molecular weight is 239 g/mol. The molecule has 5 heteroatoms. The van der Waals surface area contributed by atoms with Crippen LogP contribution in [-0.4, -0.2) is 25.3 Å². The molecular formula is C12H21N3O2. The van der Waals surface area contributed by atoms with E-state index >= 15 is 0 Å². The van der Waals surface area contributed by atoms with Gasteiger partial charge in [-0.1, -0.05) is 13.8 Å². The average Bonchev–Trinajstić information content (AvgIpc) is 2.35. The Balaban J connectivity index is 3.07. The van der Waals surface area contributed by atoms with E-state index in [4.69, 9.17) is 15.3 Å². The summed E-state index contributed by atoms with van der Waals surface area (Å²) in [5.41, 5.74) is 3.52. The lowest BCUT2D eigenvalue weighted by atomic mass is 9.96. The van der Waals surface area contributed by atoms with Crippen LogP contribution in [0.2, 0.25) is 0 Å². The number of hydrogen-bond donors (Lipinski definition) is 2. The third-order valence-corrected chi connectivity index (χ3v) is 2.75. The van der Waals surface area contributed by atoms with E-state index in [1.807, 2.05) is 12.1 Å². The Hall–Kier alpha value is -1.17. The zero-order chi connectivity index (χ0) is 12.8. The maximum Gasteiger partial charge on any atom is 0.142 e. The Kier molecular flexibility index (Phi) is 5.34. The van der Waals surface area contributed by atoms with Crippen LogP contribution in [0.1, 0.15) is 25.6 Å². The lowest BCUT2D eigenvalue weighted by Crippen LogP contribution is -2.40. The summed E-state index contributed by atoms with van der Waals surface area (Å²) in [6.45, 7) is 4.15. The highest BCUT2D eigenvalue weighted by Crippen LogP contribution is 2.28. The molecule has 0 aliphatic heterocycles. The van der Waals surface area contributed by atoms with E-state index in [1.165, 1.54) is 0 Å². The van der Waals surface area contributed by atoms with Gasteiger partial charge in [0, 0.05) is 13.3 Å². The van der Waals surface area contributed by atoms with Crippen molar-refractivity contribution in [3.05, 3.63) is 24.0 Å². The fourth-order valence-corrected chi connectivity index (χ4v) is 1.93. The van der Waals surface area contributed by atoms with Crippen molar-refractivity contribution in [3.8, 4) is 5.75 Å². The molecule has 96 valence electrons. The lowest BCUT2D eigenvalue weighted by molar-refractivity contribution is 0.0307. The molecule has 0 saturated heterocycles. The molecule has 1 heterocycles. The number of methoxy groups -OCH3 is 2. The number of hydrogen-bond acceptors (Lipinski definition) is 5. The Labute approximate surface area is 102 Å². The molecule has 0 bridgehead atoms. The predicted molar refractivity (Wildman–Crippen MR) is 66.5 cm³/mol. The van der Waals surface area contributed by atoms with Gasteiger partial charge in [-0.3, -0.25) is 10.8 Å². The smallest absolute Gasteiger partial charge is 0.142 e. The molecule has 0 fully saturated rings. The van der Waals surface area contributed by atoms with Crippen molar-refractivity contribution in [2.24, 2.45) is 11.8 Å². The minimum absolute atomic E-state index is 0.0659. The van der Waals surface area contributed by atoms with Gasteiger partial charge >= 0.3 is 0 Å². The molecule has 0 radical (unpaired) electrons. The van der Waals surface area contributed by atoms with Gasteiger partial charge in [0.1, 0.15) is 11.4 Å². The largest absolute Gasteiger partial charge is 0.495 e. The van der Waals surface area contributed by atoms with Crippen LogP contribution in [0.25, 0.3) is 0 Å². The molecule has 0 aliphatic carbocycles. The summed E-state index contributed by atoms with van der Waals surface area (Å²) in [5, 5.41) is 0. The number of nitrogens with one attached hydrogen (secondary N) is 1. The quantitative estimate of drug-likeness (QED) is 0.578. The summed E-state index contributed by atoms with van der Waals surface area (Å²) >= 11 is 0. The Bertz CT molecular complexity index is 344. The molecular weight excluding hydrogens is 218 g/mol. The third kappa shape index (κ3) is 3.15. The standard InChI is InChI=1S/C12H21N3O2/c1-8(2)12(17-4)11(15-13)10-9(16-3)6-5-7-14-10/h5-8,11-12,15H,13H2,1-4H3. The molecule has 2 unspecified atom stereocenters. The highest BCUT2D eigenvalue weighted by atomic mass is 16.5. The summed E-state index contributed by atoms with van der Waals surface area (Å²) < 4.78 is 10.8. The fraction of sp³-hybridized carbons (Fsp3) is 0.583. The summed E-state index contributed by atoms with van der Waals surface area (Å²) in [5.74, 6) is 6.64. The van der Waals surface area contributed by atoms with Crippen LogP contribution in [0, 0.1) is 5.92 Å². The van der Waals surface area contributed by atoms with E-state index in [0.717, 1.165) is 5.69 Å². The summed E-state index contributed by atoms with van der Waals surface area (Å²) in [4.78, 5) is 4.32. The highest BCUT2D eigenvalue weighted by molar-refractivity contribution is 5.30. The summed E-state index contributed by atoms with van der Waals surface area (Å²) in [6.07, 6.45) is 1.65. The van der Waals surface area contributed by atoms with Crippen LogP contribution < -0.4 is 16.0 Å². The number of nitrogens with two attached hydrogens (primary N) is 1. The van der Waals surface area contributed by atoms with Crippen LogP contribution in [0.4, 0.5) is 0 Å². The van der Waals surface area contributed by atoms with Crippen LogP contribution in [-0.2, 0) is 4.74 Å². The monoisotopic (exact) mass is 239 g/mol. The molecule has 3 N–H and O–H groups in total. The van der Waals surface area contributed by atoms with Gasteiger partial charge in [-0.15, -0.1) is 0 Å². The topological polar surface area (TPSA) is 69.4 Å². The van der Waals surface area contributed by atoms with Gasteiger partial charge in [0.2, 0.25) is 0 Å². The minimum atomic E-state index is -0.198. The van der Waals surface area contributed by atoms with Gasteiger partial charge in [0.15, 0.2) is 0 Å². The van der Waals surface area contributed by atoms with E-state index in [0.29, 0.717) is 11.7 Å². The second-order valence-electron chi connectivity index (χ2n) is 4.18. The first kappa shape index (κ1) is 13.9. The van der Waals surface area contributed by atoms with Crippen molar-refractivity contribution >= 4 is 0 Å². The number of rotatable bonds is 6. The normalized spacial score (nSPS) is 14.7. The van der Waals surface area contributed by atoms with Crippen molar-refractivity contribution in [3.63, 3.8) is 0 Å². The Morgan fingerprint density at radius 2 is 2.06 bits per heavy atom. The maximum absolute atomic E-state index is 5.62. The van der Waals surface area contributed by atoms with Crippen molar-refractivity contribution in [1.82, 2.24) is 10.4 Å². The fourth-order valence-electron chi connectivity index (χ4n) is 1.93. The van der Waals surface area contributed by atoms with Crippen LogP contribution >= 0.6 is 0 Å². The molecule has 0 amide bonds. The Morgan fingerprint density at radius 3 is 2.53 bits per heavy atom. The molecule has 17 heavy (non-hydrogen) atoms. The minimum Gasteiger partial charge on any atom is -0.495 e. The lowest BCUT2D eigenvalue weighted by Gasteiger charge is -2.28. The third-order valence-electron chi connectivity index (χ3n) is 2.75. The molecule has 1 aromatic rings. The number of ether oxygens (including phenoxy) is 2. The van der Waals surface area contributed by atoms with E-state index in [-0.39, 0.29) is 12.1 Å². The van der Waals surface area contributed by atoms with E-state index in [2.05, 4.69) is 24.3 Å². The molecule has 1 aromatic heterocycles. The highest BCUT2D eigenvalue weighted by Gasteiger charge is 2.28. The molecule has 0 saturated carbocycles. The van der Waals surface area contributed by atoms with Crippen LogP contribution in [0.5, 0.6) is 5.75 Å². The molecule has 5 nitrogen and oxygen atoms in total. The zero-order valence-electron chi connectivity index (χ0n) is 10.8. The molecule has 2 atom stereocenters. The zero-order valence-corrected chi connectivity index (χ0v) is 10.8. The number of hydrazine groups is 1. The molecule has 0 aliphatic rings. The number of pyridine rings is 1. The van der Waals surface area contributed by atoms with Gasteiger partial charge in [0.25, 0.3) is 0 Å². The van der Waals surface area contributed by atoms with E-state index in [1.54, 1.807) is 20.4 Å². The van der Waals surface area contributed by atoms with Crippen LogP contribution in [0.15, 0.2) is 18.3 Å². The first-order chi connectivity index (χ1) is 8.15. The Morgan fingerprint density at radius 1 is 1.35 bits per heavy atom. The summed E-state index contributed by atoms with van der Waals surface area (Å²) in [6, 6.07) is 3.49. The van der Waals surface area contributed by atoms with Crippen LogP contribution in [0.3, 0.4) is 0 Å². The van der Waals surface area contributed by atoms with E-state index in [9.17, 15) is 0 Å². The van der Waals surface area contributed by atoms with Crippen molar-refractivity contribution in [1.29, 1.82) is 0 Å². The predicted octanol–water partition coefficient (Wildman–Crippen LogP) is 1.27. The number of aromatic nitrogens is 1. The van der Waals surface area contributed by atoms with Crippen molar-refractivity contribution < 1.29 is 9.47 Å².